The van der Waals surface area contributed by atoms with Crippen LogP contribution in [0.1, 0.15) is 104 Å². The first-order chi connectivity index (χ1) is 11.7. The van der Waals surface area contributed by atoms with Crippen molar-refractivity contribution < 1.29 is 9.53 Å². The summed E-state index contributed by atoms with van der Waals surface area (Å²) in [5.41, 5.74) is 1.42. The van der Waals surface area contributed by atoms with Crippen LogP contribution in [0.2, 0.25) is 0 Å². The number of hydrogen-bond donors (Lipinski definition) is 0. The lowest BCUT2D eigenvalue weighted by Gasteiger charge is -2.29. The van der Waals surface area contributed by atoms with Gasteiger partial charge in [-0.25, -0.2) is 0 Å². The summed E-state index contributed by atoms with van der Waals surface area (Å²) in [6, 6.07) is 0. The van der Waals surface area contributed by atoms with Crippen molar-refractivity contribution in [2.24, 2.45) is 11.8 Å². The zero-order valence-corrected chi connectivity index (χ0v) is 16.4. The lowest BCUT2D eigenvalue weighted by molar-refractivity contribution is -0.147. The molecule has 2 heteroatoms. The van der Waals surface area contributed by atoms with Gasteiger partial charge in [0.05, 0.1) is 12.5 Å². The average molecular weight is 337 g/mol. The molecule has 0 bridgehead atoms. The highest BCUT2D eigenvalue weighted by Gasteiger charge is 2.29. The third-order valence-corrected chi connectivity index (χ3v) is 5.32. The molecule has 0 N–H and O–H groups in total. The van der Waals surface area contributed by atoms with E-state index in [-0.39, 0.29) is 11.9 Å². The van der Waals surface area contributed by atoms with Gasteiger partial charge in [0.15, 0.2) is 0 Å². The molecule has 140 valence electrons. The topological polar surface area (TPSA) is 26.3 Å². The number of carbonyl (C=O) groups excluding carboxylic acids is 1. The maximum atomic E-state index is 12.5. The first-order valence-electron chi connectivity index (χ1n) is 10.6. The van der Waals surface area contributed by atoms with E-state index in [1.165, 1.54) is 69.8 Å². The zero-order valence-electron chi connectivity index (χ0n) is 16.4. The molecule has 0 aromatic carbocycles. The molecule has 1 rings (SSSR count). The smallest absolute Gasteiger partial charge is 0.313 e. The van der Waals surface area contributed by atoms with Gasteiger partial charge < -0.3 is 4.74 Å². The summed E-state index contributed by atoms with van der Waals surface area (Å²) >= 11 is 0. The minimum Gasteiger partial charge on any atom is -0.466 e. The molecule has 1 fully saturated rings. The Labute approximate surface area is 150 Å². The Morgan fingerprint density at radius 1 is 1.00 bits per heavy atom. The van der Waals surface area contributed by atoms with Gasteiger partial charge in [-0.15, -0.1) is 0 Å². The van der Waals surface area contributed by atoms with Crippen LogP contribution in [-0.2, 0) is 9.53 Å². The average Bonchev–Trinajstić information content (AvgIpc) is 2.60. The Kier molecular flexibility index (Phi) is 12.0. The highest BCUT2D eigenvalue weighted by Crippen LogP contribution is 2.36. The lowest BCUT2D eigenvalue weighted by Crippen LogP contribution is -2.25. The molecule has 0 spiro atoms. The van der Waals surface area contributed by atoms with Crippen molar-refractivity contribution >= 4 is 5.97 Å². The number of allylic oxidation sites excluding steroid dienone is 1. The molecular weight excluding hydrogens is 296 g/mol. The van der Waals surface area contributed by atoms with Crippen molar-refractivity contribution in [2.75, 3.05) is 6.61 Å². The van der Waals surface area contributed by atoms with Crippen LogP contribution in [0.3, 0.4) is 0 Å². The number of hydrogen-bond acceptors (Lipinski definition) is 2. The summed E-state index contributed by atoms with van der Waals surface area (Å²) in [7, 11) is 0. The highest BCUT2D eigenvalue weighted by molar-refractivity contribution is 5.76. The molecular formula is C22H40O2. The van der Waals surface area contributed by atoms with Crippen LogP contribution in [0.25, 0.3) is 0 Å². The molecule has 0 aromatic rings. The molecule has 0 aromatic heterocycles. The van der Waals surface area contributed by atoms with Crippen molar-refractivity contribution in [3.8, 4) is 0 Å². The van der Waals surface area contributed by atoms with E-state index in [9.17, 15) is 4.79 Å². The molecule has 1 aliphatic rings. The molecule has 2 nitrogen and oxygen atoms in total. The van der Waals surface area contributed by atoms with Gasteiger partial charge in [-0.2, -0.15) is 0 Å². The van der Waals surface area contributed by atoms with Gasteiger partial charge in [0.25, 0.3) is 0 Å². The quantitative estimate of drug-likeness (QED) is 0.222. The standard InChI is InChI=1S/C22H40O2/c1-4-7-8-9-10-14-18-20(19-16-12-11-13-17-19)21(15-5-2)22(23)24-6-3/h18-19,21H,4-17H2,1-3H3/b20-18+. The van der Waals surface area contributed by atoms with Crippen molar-refractivity contribution in [3.63, 3.8) is 0 Å². The Balaban J connectivity index is 2.74. The molecule has 1 atom stereocenters. The number of esters is 1. The monoisotopic (exact) mass is 336 g/mol. The molecule has 0 amide bonds. The number of unbranched alkanes of at least 4 members (excludes halogenated alkanes) is 5. The first kappa shape index (κ1) is 21.3. The number of ether oxygens (including phenoxy) is 1. The summed E-state index contributed by atoms with van der Waals surface area (Å²) in [5.74, 6) is 0.645. The van der Waals surface area contributed by atoms with Crippen LogP contribution in [-0.4, -0.2) is 12.6 Å². The summed E-state index contributed by atoms with van der Waals surface area (Å²) in [4.78, 5) is 12.5. The Hall–Kier alpha value is -0.790. The van der Waals surface area contributed by atoms with Gasteiger partial charge in [-0.1, -0.05) is 76.9 Å². The Morgan fingerprint density at radius 3 is 2.33 bits per heavy atom. The third kappa shape index (κ3) is 7.85. The van der Waals surface area contributed by atoms with E-state index in [0.717, 1.165) is 19.3 Å². The molecule has 1 saturated carbocycles. The van der Waals surface area contributed by atoms with Crippen LogP contribution in [0.5, 0.6) is 0 Å². The van der Waals surface area contributed by atoms with Gasteiger partial charge in [0.1, 0.15) is 0 Å². The minimum absolute atomic E-state index is 0.00805. The lowest BCUT2D eigenvalue weighted by atomic mass is 9.76. The second kappa shape index (κ2) is 13.5. The van der Waals surface area contributed by atoms with Crippen molar-refractivity contribution in [3.05, 3.63) is 11.6 Å². The van der Waals surface area contributed by atoms with E-state index in [0.29, 0.717) is 12.5 Å². The van der Waals surface area contributed by atoms with Gasteiger partial charge in [-0.05, 0) is 44.9 Å². The summed E-state index contributed by atoms with van der Waals surface area (Å²) < 4.78 is 5.41. The van der Waals surface area contributed by atoms with E-state index < -0.39 is 0 Å². The third-order valence-electron chi connectivity index (χ3n) is 5.32. The van der Waals surface area contributed by atoms with Crippen LogP contribution in [0, 0.1) is 11.8 Å². The van der Waals surface area contributed by atoms with E-state index in [4.69, 9.17) is 4.74 Å². The van der Waals surface area contributed by atoms with Crippen LogP contribution >= 0.6 is 0 Å². The first-order valence-corrected chi connectivity index (χ1v) is 10.6. The molecule has 0 saturated heterocycles. The van der Waals surface area contributed by atoms with Crippen LogP contribution in [0.15, 0.2) is 11.6 Å². The maximum Gasteiger partial charge on any atom is 0.313 e. The van der Waals surface area contributed by atoms with Gasteiger partial charge in [-0.3, -0.25) is 4.79 Å². The maximum absolute atomic E-state index is 12.5. The largest absolute Gasteiger partial charge is 0.466 e. The predicted molar refractivity (Wildman–Crippen MR) is 103 cm³/mol. The Morgan fingerprint density at radius 2 is 1.71 bits per heavy atom. The summed E-state index contributed by atoms with van der Waals surface area (Å²) in [6.45, 7) is 6.85. The summed E-state index contributed by atoms with van der Waals surface area (Å²) in [5, 5.41) is 0. The fraction of sp³-hybridized carbons (Fsp3) is 0.864. The molecule has 0 aliphatic heterocycles. The SMILES string of the molecule is CCCCCCC/C=C(\C1CCCCC1)C(CCC)C(=O)OCC. The fourth-order valence-corrected chi connectivity index (χ4v) is 4.00. The van der Waals surface area contributed by atoms with Crippen molar-refractivity contribution in [1.29, 1.82) is 0 Å². The molecule has 1 aliphatic carbocycles. The van der Waals surface area contributed by atoms with Crippen molar-refractivity contribution in [1.82, 2.24) is 0 Å². The molecule has 1 unspecified atom stereocenters. The normalized spacial score (nSPS) is 17.7. The van der Waals surface area contributed by atoms with Crippen molar-refractivity contribution in [2.45, 2.75) is 104 Å². The van der Waals surface area contributed by atoms with Gasteiger partial charge in [0.2, 0.25) is 0 Å². The Bertz CT molecular complexity index is 353. The van der Waals surface area contributed by atoms with Crippen LogP contribution in [0.4, 0.5) is 0 Å². The number of carbonyl (C=O) groups is 1. The predicted octanol–water partition coefficient (Wildman–Crippen LogP) is 6.83. The zero-order chi connectivity index (χ0) is 17.6. The second-order valence-corrected chi connectivity index (χ2v) is 7.34. The second-order valence-electron chi connectivity index (χ2n) is 7.34. The molecule has 0 radical (unpaired) electrons. The van der Waals surface area contributed by atoms with E-state index in [1.54, 1.807) is 0 Å². The van der Waals surface area contributed by atoms with Crippen LogP contribution < -0.4 is 0 Å². The van der Waals surface area contributed by atoms with Gasteiger partial charge >= 0.3 is 5.97 Å². The summed E-state index contributed by atoms with van der Waals surface area (Å²) in [6.07, 6.45) is 18.7. The van der Waals surface area contributed by atoms with E-state index >= 15 is 0 Å². The fourth-order valence-electron chi connectivity index (χ4n) is 4.00. The minimum atomic E-state index is 0.00805. The number of rotatable bonds is 12. The van der Waals surface area contributed by atoms with E-state index in [2.05, 4.69) is 19.9 Å². The molecule has 24 heavy (non-hydrogen) atoms. The van der Waals surface area contributed by atoms with Gasteiger partial charge in [0, 0.05) is 0 Å². The molecule has 0 heterocycles. The highest BCUT2D eigenvalue weighted by atomic mass is 16.5. The van der Waals surface area contributed by atoms with E-state index in [1.807, 2.05) is 6.92 Å².